The summed E-state index contributed by atoms with van der Waals surface area (Å²) in [6.07, 6.45) is 40.7. The molecule has 0 radical (unpaired) electrons. The Bertz CT molecular complexity index is 921. The molecule has 0 aliphatic heterocycles. The third kappa shape index (κ3) is 36.8. The molecule has 8 nitrogen and oxygen atoms in total. The van der Waals surface area contributed by atoms with E-state index in [1.165, 1.54) is 38.5 Å². The first kappa shape index (κ1) is 46.0. The SMILES string of the molecule is CC/C=C\C/C=C\C/C=C\CCCCCCCC(=O)OC[C@H](COP(=O)([O-])[O-])OC(=O)CCCCCCC/C=C\CCCCCCCC. The fourth-order valence-corrected chi connectivity index (χ4v) is 5.37. The van der Waals surface area contributed by atoms with E-state index in [0.29, 0.717) is 12.8 Å². The summed E-state index contributed by atoms with van der Waals surface area (Å²) in [6, 6.07) is 0. The Kier molecular flexibility index (Phi) is 33.4. The monoisotopic (exact) mass is 694 g/mol. The van der Waals surface area contributed by atoms with Gasteiger partial charge in [0.15, 0.2) is 6.10 Å². The minimum absolute atomic E-state index is 0.165. The van der Waals surface area contributed by atoms with E-state index in [2.05, 4.69) is 67.0 Å². The maximum atomic E-state index is 12.3. The lowest BCUT2D eigenvalue weighted by Gasteiger charge is -2.30. The van der Waals surface area contributed by atoms with Gasteiger partial charge in [0, 0.05) is 12.8 Å². The summed E-state index contributed by atoms with van der Waals surface area (Å²) >= 11 is 0. The molecule has 9 heteroatoms. The molecule has 0 spiro atoms. The first-order valence-electron chi connectivity index (χ1n) is 18.9. The van der Waals surface area contributed by atoms with Crippen LogP contribution in [0, 0.1) is 0 Å². The second-order valence-electron chi connectivity index (χ2n) is 12.5. The van der Waals surface area contributed by atoms with Crippen molar-refractivity contribution < 1.29 is 37.9 Å². The van der Waals surface area contributed by atoms with Crippen LogP contribution in [0.2, 0.25) is 0 Å². The van der Waals surface area contributed by atoms with Crippen molar-refractivity contribution in [3.63, 3.8) is 0 Å². The Morgan fingerprint density at radius 2 is 1.00 bits per heavy atom. The lowest BCUT2D eigenvalue weighted by atomic mass is 10.1. The number of carbonyl (C=O) groups is 2. The summed E-state index contributed by atoms with van der Waals surface area (Å²) in [6.45, 7) is 3.34. The van der Waals surface area contributed by atoms with Crippen molar-refractivity contribution in [1.29, 1.82) is 0 Å². The summed E-state index contributed by atoms with van der Waals surface area (Å²) < 4.78 is 25.7. The zero-order valence-electron chi connectivity index (χ0n) is 30.3. The van der Waals surface area contributed by atoms with Crippen molar-refractivity contribution >= 4 is 19.8 Å². The Labute approximate surface area is 293 Å². The molecule has 0 heterocycles. The Hall–Kier alpha value is -1.99. The van der Waals surface area contributed by atoms with Crippen molar-refractivity contribution in [2.24, 2.45) is 0 Å². The maximum absolute atomic E-state index is 12.3. The van der Waals surface area contributed by atoms with Crippen LogP contribution in [0.25, 0.3) is 0 Å². The fraction of sp³-hybridized carbons (Fsp3) is 0.744. The van der Waals surface area contributed by atoms with Crippen LogP contribution in [0.1, 0.15) is 168 Å². The highest BCUT2D eigenvalue weighted by atomic mass is 31.2. The van der Waals surface area contributed by atoms with Gasteiger partial charge in [-0.25, -0.2) is 0 Å². The van der Waals surface area contributed by atoms with E-state index in [4.69, 9.17) is 9.47 Å². The zero-order valence-corrected chi connectivity index (χ0v) is 31.2. The Balaban J connectivity index is 4.01. The van der Waals surface area contributed by atoms with E-state index in [9.17, 15) is 23.9 Å². The third-order valence-electron chi connectivity index (χ3n) is 7.82. The first-order valence-corrected chi connectivity index (χ1v) is 20.4. The summed E-state index contributed by atoms with van der Waals surface area (Å²) in [7, 11) is -5.26. The molecule has 0 saturated heterocycles. The lowest BCUT2D eigenvalue weighted by molar-refractivity contribution is -0.343. The van der Waals surface area contributed by atoms with E-state index in [1.54, 1.807) is 0 Å². The summed E-state index contributed by atoms with van der Waals surface area (Å²) in [5.41, 5.74) is 0. The van der Waals surface area contributed by atoms with Crippen LogP contribution in [0.15, 0.2) is 48.6 Å². The van der Waals surface area contributed by atoms with Crippen molar-refractivity contribution in [3.05, 3.63) is 48.6 Å². The van der Waals surface area contributed by atoms with Crippen molar-refractivity contribution in [1.82, 2.24) is 0 Å². The number of hydrogen-bond donors (Lipinski definition) is 0. The molecule has 0 rings (SSSR count). The molecule has 0 aromatic carbocycles. The van der Waals surface area contributed by atoms with Gasteiger partial charge >= 0.3 is 11.9 Å². The summed E-state index contributed by atoms with van der Waals surface area (Å²) in [5, 5.41) is 0. The van der Waals surface area contributed by atoms with Crippen LogP contribution in [-0.4, -0.2) is 31.3 Å². The van der Waals surface area contributed by atoms with Gasteiger partial charge in [-0.05, 0) is 70.6 Å². The average molecular weight is 695 g/mol. The molecule has 0 amide bonds. The fourth-order valence-electron chi connectivity index (χ4n) is 5.02. The van der Waals surface area contributed by atoms with Gasteiger partial charge in [0.2, 0.25) is 0 Å². The lowest BCUT2D eigenvalue weighted by Crippen LogP contribution is -2.31. The molecular formula is C39H67O8P-2. The van der Waals surface area contributed by atoms with E-state index < -0.39 is 32.5 Å². The van der Waals surface area contributed by atoms with Gasteiger partial charge in [-0.2, -0.15) is 0 Å². The van der Waals surface area contributed by atoms with Gasteiger partial charge < -0.3 is 28.3 Å². The molecule has 0 unspecified atom stereocenters. The second-order valence-corrected chi connectivity index (χ2v) is 13.6. The van der Waals surface area contributed by atoms with Crippen LogP contribution in [0.5, 0.6) is 0 Å². The number of rotatable bonds is 34. The number of esters is 2. The molecule has 0 aromatic rings. The molecule has 0 aliphatic rings. The van der Waals surface area contributed by atoms with Crippen molar-refractivity contribution in [3.8, 4) is 0 Å². The molecule has 48 heavy (non-hydrogen) atoms. The highest BCUT2D eigenvalue weighted by molar-refractivity contribution is 7.43. The minimum Gasteiger partial charge on any atom is -0.790 e. The highest BCUT2D eigenvalue weighted by Crippen LogP contribution is 2.25. The van der Waals surface area contributed by atoms with E-state index in [1.807, 2.05) is 0 Å². The normalized spacial score (nSPS) is 13.0. The second kappa shape index (κ2) is 34.9. The predicted octanol–water partition coefficient (Wildman–Crippen LogP) is 9.91. The van der Waals surface area contributed by atoms with Crippen molar-refractivity contribution in [2.45, 2.75) is 174 Å². The first-order chi connectivity index (χ1) is 23.3. The van der Waals surface area contributed by atoms with Crippen molar-refractivity contribution in [2.75, 3.05) is 13.2 Å². The van der Waals surface area contributed by atoms with Gasteiger partial charge in [-0.3, -0.25) is 9.59 Å². The largest absolute Gasteiger partial charge is 0.790 e. The minimum atomic E-state index is -5.26. The van der Waals surface area contributed by atoms with E-state index in [-0.39, 0.29) is 19.4 Å². The number of ether oxygens (including phenoxy) is 2. The standard InChI is InChI=1S/C39H69O8P/c1-3-5-7-9-11-13-15-17-19-21-23-25-27-29-31-33-38(40)45-35-37(36-46-48(42,43)44)47-39(41)34-32-30-28-26-24-22-20-18-16-14-12-10-8-6-4-2/h5,7,11,13,17-20,37H,3-4,6,8-10,12,14-16,21-36H2,1-2H3,(H2,42,43,44)/p-2/b7-5-,13-11-,19-17-,20-18-/t37-/m1/s1. The van der Waals surface area contributed by atoms with Crippen LogP contribution in [-0.2, 0) is 28.2 Å². The molecule has 278 valence electrons. The number of carbonyl (C=O) groups excluding carboxylic acids is 2. The zero-order chi connectivity index (χ0) is 35.4. The van der Waals surface area contributed by atoms with Crippen LogP contribution in [0.4, 0.5) is 0 Å². The molecule has 0 bridgehead atoms. The van der Waals surface area contributed by atoms with Gasteiger partial charge in [0.25, 0.3) is 0 Å². The average Bonchev–Trinajstić information content (AvgIpc) is 3.05. The van der Waals surface area contributed by atoms with Gasteiger partial charge in [-0.1, -0.05) is 133 Å². The molecule has 1 atom stereocenters. The van der Waals surface area contributed by atoms with E-state index in [0.717, 1.165) is 89.9 Å². The molecule has 0 fully saturated rings. The van der Waals surface area contributed by atoms with Gasteiger partial charge in [0.1, 0.15) is 6.61 Å². The van der Waals surface area contributed by atoms with Gasteiger partial charge in [-0.15, -0.1) is 0 Å². The Morgan fingerprint density at radius 1 is 0.562 bits per heavy atom. The van der Waals surface area contributed by atoms with Crippen LogP contribution >= 0.6 is 7.82 Å². The molecule has 0 aromatic heterocycles. The maximum Gasteiger partial charge on any atom is 0.306 e. The van der Waals surface area contributed by atoms with E-state index >= 15 is 0 Å². The number of phosphoric acid groups is 1. The quantitative estimate of drug-likeness (QED) is 0.0282. The number of unbranched alkanes of at least 4 members (excludes halogenated alkanes) is 16. The molecule has 0 aliphatic carbocycles. The molecule has 0 saturated carbocycles. The molecular weight excluding hydrogens is 627 g/mol. The number of allylic oxidation sites excluding steroid dienone is 8. The Morgan fingerprint density at radius 3 is 1.52 bits per heavy atom. The smallest absolute Gasteiger partial charge is 0.306 e. The topological polar surface area (TPSA) is 125 Å². The third-order valence-corrected chi connectivity index (χ3v) is 8.29. The number of hydrogen-bond acceptors (Lipinski definition) is 8. The summed E-state index contributed by atoms with van der Waals surface area (Å²) in [5.74, 6) is -0.989. The summed E-state index contributed by atoms with van der Waals surface area (Å²) in [4.78, 5) is 46.4. The highest BCUT2D eigenvalue weighted by Gasteiger charge is 2.18. The predicted molar refractivity (Wildman–Crippen MR) is 193 cm³/mol. The van der Waals surface area contributed by atoms with Gasteiger partial charge in [0.05, 0.1) is 14.4 Å². The number of phosphoric ester groups is 1. The van der Waals surface area contributed by atoms with Crippen LogP contribution in [0.3, 0.4) is 0 Å². The molecule has 0 N–H and O–H groups in total. The van der Waals surface area contributed by atoms with Crippen LogP contribution < -0.4 is 9.79 Å².